The molecule has 25 heavy (non-hydrogen) atoms. The molecule has 2 atom stereocenters. The lowest BCUT2D eigenvalue weighted by Crippen LogP contribution is -2.64. The van der Waals surface area contributed by atoms with Gasteiger partial charge < -0.3 is 19.6 Å². The summed E-state index contributed by atoms with van der Waals surface area (Å²) in [5.41, 5.74) is -0.738. The highest BCUT2D eigenvalue weighted by Gasteiger charge is 2.52. The van der Waals surface area contributed by atoms with E-state index in [9.17, 15) is 14.7 Å². The quantitative estimate of drug-likeness (QED) is 0.883. The molecule has 6 nitrogen and oxygen atoms in total. The zero-order chi connectivity index (χ0) is 18.0. The van der Waals surface area contributed by atoms with Crippen molar-refractivity contribution in [2.45, 2.75) is 25.3 Å². The number of carbonyl (C=O) groups excluding carboxylic acids is 1. The van der Waals surface area contributed by atoms with Crippen LogP contribution in [0.1, 0.15) is 19.3 Å². The van der Waals surface area contributed by atoms with Crippen LogP contribution >= 0.6 is 11.6 Å². The second kappa shape index (κ2) is 7.22. The van der Waals surface area contributed by atoms with Crippen LogP contribution in [0.2, 0.25) is 5.02 Å². The van der Waals surface area contributed by atoms with Gasteiger partial charge in [-0.1, -0.05) is 17.7 Å². The third-order valence-corrected chi connectivity index (χ3v) is 5.70. The maximum Gasteiger partial charge on any atom is 0.311 e. The number of amides is 1. The molecule has 2 heterocycles. The van der Waals surface area contributed by atoms with Gasteiger partial charge in [-0.3, -0.25) is 9.59 Å². The lowest BCUT2D eigenvalue weighted by atomic mass is 9.68. The Kier molecular flexibility index (Phi) is 5.20. The zero-order valence-corrected chi connectivity index (χ0v) is 15.0. The number of hydrogen-bond acceptors (Lipinski definition) is 4. The first kappa shape index (κ1) is 18.0. The summed E-state index contributed by atoms with van der Waals surface area (Å²) in [5, 5.41) is 10.3. The van der Waals surface area contributed by atoms with E-state index in [0.717, 1.165) is 13.0 Å². The number of hydrogen-bond donors (Lipinski definition) is 1. The molecule has 0 aliphatic carbocycles. The van der Waals surface area contributed by atoms with E-state index in [2.05, 4.69) is 4.90 Å². The average molecular weight is 367 g/mol. The van der Waals surface area contributed by atoms with Crippen LogP contribution in [-0.2, 0) is 9.59 Å². The first-order valence-electron chi connectivity index (χ1n) is 8.52. The number of carbonyl (C=O) groups is 2. The molecule has 1 amide bonds. The molecule has 2 saturated heterocycles. The van der Waals surface area contributed by atoms with Gasteiger partial charge in [0, 0.05) is 24.2 Å². The minimum atomic E-state index is -0.744. The van der Waals surface area contributed by atoms with Crippen LogP contribution in [0.15, 0.2) is 24.3 Å². The van der Waals surface area contributed by atoms with Gasteiger partial charge in [0.2, 0.25) is 0 Å². The van der Waals surface area contributed by atoms with E-state index in [1.165, 1.54) is 0 Å². The predicted octanol–water partition coefficient (Wildman–Crippen LogP) is 2.12. The molecule has 0 aromatic heterocycles. The summed E-state index contributed by atoms with van der Waals surface area (Å²) in [4.78, 5) is 28.2. The highest BCUT2D eigenvalue weighted by atomic mass is 35.5. The Balaban J connectivity index is 1.64. The van der Waals surface area contributed by atoms with Gasteiger partial charge in [-0.05, 0) is 51.1 Å². The monoisotopic (exact) mass is 366 g/mol. The summed E-state index contributed by atoms with van der Waals surface area (Å²) in [6, 6.07) is 6.77. The highest BCUT2D eigenvalue weighted by molar-refractivity contribution is 6.30. The van der Waals surface area contributed by atoms with E-state index >= 15 is 0 Å². The second-order valence-corrected chi connectivity index (χ2v) is 7.33. The molecule has 0 saturated carbocycles. The van der Waals surface area contributed by atoms with Gasteiger partial charge in [-0.2, -0.15) is 0 Å². The van der Waals surface area contributed by atoms with E-state index in [1.807, 2.05) is 7.05 Å². The number of carboxylic acids is 1. The van der Waals surface area contributed by atoms with Crippen molar-refractivity contribution in [3.05, 3.63) is 29.3 Å². The Morgan fingerprint density at radius 2 is 2.16 bits per heavy atom. The summed E-state index contributed by atoms with van der Waals surface area (Å²) in [7, 11) is 1.94. The Morgan fingerprint density at radius 3 is 2.88 bits per heavy atom. The Labute approximate surface area is 152 Å². The van der Waals surface area contributed by atoms with Crippen LogP contribution in [0, 0.1) is 5.41 Å². The third kappa shape index (κ3) is 3.60. The van der Waals surface area contributed by atoms with Crippen LogP contribution in [-0.4, -0.2) is 66.1 Å². The van der Waals surface area contributed by atoms with Crippen molar-refractivity contribution in [2.75, 3.05) is 33.3 Å². The Morgan fingerprint density at radius 1 is 1.36 bits per heavy atom. The molecule has 136 valence electrons. The van der Waals surface area contributed by atoms with Crippen molar-refractivity contribution in [3.63, 3.8) is 0 Å². The van der Waals surface area contributed by atoms with Gasteiger partial charge in [0.15, 0.2) is 6.61 Å². The number of likely N-dealkylation sites (N-methyl/N-ethyl adjacent to an activating group) is 1. The van der Waals surface area contributed by atoms with E-state index in [0.29, 0.717) is 36.7 Å². The number of carboxylic acid groups (broad SMARTS) is 1. The van der Waals surface area contributed by atoms with Gasteiger partial charge in [-0.15, -0.1) is 0 Å². The minimum Gasteiger partial charge on any atom is -0.484 e. The standard InChI is InChI=1S/C18H23ClN2O4/c1-20-8-3-6-18(17(23)24)7-9-21(11-15(18)20)16(22)12-25-14-5-2-4-13(19)10-14/h2,4-5,10,15H,3,6-9,11-12H2,1H3,(H,23,24)/t15-,18+/m1/s1. The Hall–Kier alpha value is -1.79. The van der Waals surface area contributed by atoms with Crippen LogP contribution in [0.3, 0.4) is 0 Å². The van der Waals surface area contributed by atoms with Gasteiger partial charge >= 0.3 is 5.97 Å². The molecule has 1 aromatic carbocycles. The molecule has 1 aromatic rings. The number of ether oxygens (including phenoxy) is 1. The lowest BCUT2D eigenvalue weighted by Gasteiger charge is -2.51. The summed E-state index contributed by atoms with van der Waals surface area (Å²) in [6.07, 6.45) is 2.05. The number of likely N-dealkylation sites (tertiary alicyclic amines) is 2. The van der Waals surface area contributed by atoms with Crippen molar-refractivity contribution < 1.29 is 19.4 Å². The summed E-state index contributed by atoms with van der Waals surface area (Å²) in [5.74, 6) is -0.322. The summed E-state index contributed by atoms with van der Waals surface area (Å²) in [6.45, 7) is 1.67. The number of halogens is 1. The van der Waals surface area contributed by atoms with Gasteiger partial charge in [-0.25, -0.2) is 0 Å². The number of nitrogens with zero attached hydrogens (tertiary/aromatic N) is 2. The zero-order valence-electron chi connectivity index (χ0n) is 14.3. The van der Waals surface area contributed by atoms with Crippen molar-refractivity contribution in [3.8, 4) is 5.75 Å². The second-order valence-electron chi connectivity index (χ2n) is 6.90. The number of fused-ring (bicyclic) bond motifs is 1. The topological polar surface area (TPSA) is 70.1 Å². The predicted molar refractivity (Wildman–Crippen MR) is 93.9 cm³/mol. The van der Waals surface area contributed by atoms with Crippen molar-refractivity contribution in [1.29, 1.82) is 0 Å². The van der Waals surface area contributed by atoms with Gasteiger partial charge in [0.05, 0.1) is 5.41 Å². The first-order valence-corrected chi connectivity index (χ1v) is 8.90. The number of aliphatic carboxylic acids is 1. The third-order valence-electron chi connectivity index (χ3n) is 5.46. The minimum absolute atomic E-state index is 0.0726. The van der Waals surface area contributed by atoms with Crippen molar-refractivity contribution >= 4 is 23.5 Å². The van der Waals surface area contributed by atoms with Crippen LogP contribution < -0.4 is 4.74 Å². The van der Waals surface area contributed by atoms with E-state index < -0.39 is 11.4 Å². The van der Waals surface area contributed by atoms with E-state index in [1.54, 1.807) is 29.2 Å². The van der Waals surface area contributed by atoms with Crippen LogP contribution in [0.5, 0.6) is 5.75 Å². The van der Waals surface area contributed by atoms with Crippen molar-refractivity contribution in [1.82, 2.24) is 9.80 Å². The lowest BCUT2D eigenvalue weighted by molar-refractivity contribution is -0.165. The van der Waals surface area contributed by atoms with E-state index in [4.69, 9.17) is 16.3 Å². The normalized spacial score (nSPS) is 26.8. The highest BCUT2D eigenvalue weighted by Crippen LogP contribution is 2.42. The maximum absolute atomic E-state index is 12.5. The molecule has 2 aliphatic heterocycles. The van der Waals surface area contributed by atoms with Crippen LogP contribution in [0.4, 0.5) is 0 Å². The molecule has 0 unspecified atom stereocenters. The molecular weight excluding hydrogens is 344 g/mol. The number of piperidine rings is 2. The van der Waals surface area contributed by atoms with E-state index in [-0.39, 0.29) is 18.6 Å². The summed E-state index contributed by atoms with van der Waals surface area (Å²) >= 11 is 5.91. The molecule has 7 heteroatoms. The van der Waals surface area contributed by atoms with Gasteiger partial charge in [0.25, 0.3) is 5.91 Å². The fourth-order valence-corrected chi connectivity index (χ4v) is 4.18. The first-order chi connectivity index (χ1) is 11.9. The molecular formula is C18H23ClN2O4. The fraction of sp³-hybridized carbons (Fsp3) is 0.556. The number of rotatable bonds is 4. The molecule has 0 bridgehead atoms. The largest absolute Gasteiger partial charge is 0.484 e. The summed E-state index contributed by atoms with van der Waals surface area (Å²) < 4.78 is 5.53. The SMILES string of the molecule is CN1CCC[C@]2(C(=O)O)CCN(C(=O)COc3cccc(Cl)c3)C[C@@H]12. The average Bonchev–Trinajstić information content (AvgIpc) is 2.59. The molecule has 1 N–H and O–H groups in total. The molecule has 0 radical (unpaired) electrons. The molecule has 0 spiro atoms. The Bertz CT molecular complexity index is 668. The number of benzene rings is 1. The molecule has 2 aliphatic rings. The van der Waals surface area contributed by atoms with Gasteiger partial charge in [0.1, 0.15) is 5.75 Å². The van der Waals surface area contributed by atoms with Crippen molar-refractivity contribution in [2.24, 2.45) is 5.41 Å². The maximum atomic E-state index is 12.5. The molecule has 3 rings (SSSR count). The van der Waals surface area contributed by atoms with Crippen LogP contribution in [0.25, 0.3) is 0 Å². The smallest absolute Gasteiger partial charge is 0.311 e. The fourth-order valence-electron chi connectivity index (χ4n) is 4.00. The molecule has 2 fully saturated rings.